The first-order valence-electron chi connectivity index (χ1n) is 10.2. The summed E-state index contributed by atoms with van der Waals surface area (Å²) in [7, 11) is 0. The molecular formula is C22H26Cl2N4O3. The van der Waals surface area contributed by atoms with Gasteiger partial charge in [-0.25, -0.2) is 14.6 Å². The highest BCUT2D eigenvalue weighted by Gasteiger charge is 2.41. The quantitative estimate of drug-likeness (QED) is 0.697. The predicted molar refractivity (Wildman–Crippen MR) is 122 cm³/mol. The number of carboxylic acid groups (broad SMARTS) is 1. The van der Waals surface area contributed by atoms with Gasteiger partial charge in [0.15, 0.2) is 0 Å². The molecular weight excluding hydrogens is 439 g/mol. The number of hydrogen-bond donors (Lipinski definition) is 2. The molecule has 2 fully saturated rings. The number of benzene rings is 1. The molecule has 0 atom stereocenters. The maximum atomic E-state index is 13.0. The number of urea groups is 1. The lowest BCUT2D eigenvalue weighted by molar-refractivity contribution is 0.0690. The molecule has 31 heavy (non-hydrogen) atoms. The Morgan fingerprint density at radius 1 is 1.23 bits per heavy atom. The van der Waals surface area contributed by atoms with Crippen LogP contribution >= 0.6 is 24.0 Å². The third-order valence-electron chi connectivity index (χ3n) is 6.50. The highest BCUT2D eigenvalue weighted by molar-refractivity contribution is 6.30. The summed E-state index contributed by atoms with van der Waals surface area (Å²) < 4.78 is 0. The molecule has 0 radical (unpaired) electrons. The number of carbonyl (C=O) groups excluding carboxylic acids is 1. The molecule has 2 aliphatic rings. The molecule has 2 aromatic rings. The minimum Gasteiger partial charge on any atom is -0.477 e. The summed E-state index contributed by atoms with van der Waals surface area (Å²) in [6, 6.07) is 11.1. The number of carbonyl (C=O) groups is 2. The van der Waals surface area contributed by atoms with E-state index in [-0.39, 0.29) is 35.6 Å². The number of nitrogens with zero attached hydrogens (tertiary/aromatic N) is 3. The lowest BCUT2D eigenvalue weighted by atomic mass is 9.68. The number of aromatic nitrogens is 1. The van der Waals surface area contributed by atoms with E-state index in [1.54, 1.807) is 11.0 Å². The van der Waals surface area contributed by atoms with Gasteiger partial charge in [0.25, 0.3) is 0 Å². The fourth-order valence-electron chi connectivity index (χ4n) is 4.70. The molecule has 2 amide bonds. The number of amides is 2. The van der Waals surface area contributed by atoms with Crippen molar-refractivity contribution in [3.05, 3.63) is 58.9 Å². The molecule has 9 heteroatoms. The van der Waals surface area contributed by atoms with Crippen molar-refractivity contribution in [3.63, 3.8) is 0 Å². The van der Waals surface area contributed by atoms with Crippen LogP contribution in [0.3, 0.4) is 0 Å². The SMILES string of the molecule is Cl.NC[C@]1(c2cccc(Cl)c2)CC[C@H](N2CCN(c3ccc(C(=O)O)nc3)C2=O)CC1. The highest BCUT2D eigenvalue weighted by Crippen LogP contribution is 2.41. The van der Waals surface area contributed by atoms with Gasteiger partial charge in [-0.1, -0.05) is 23.7 Å². The van der Waals surface area contributed by atoms with Gasteiger partial charge in [0.1, 0.15) is 5.69 Å². The zero-order valence-corrected chi connectivity index (χ0v) is 18.6. The molecule has 0 unspecified atom stereocenters. The molecule has 2 heterocycles. The van der Waals surface area contributed by atoms with Gasteiger partial charge >= 0.3 is 12.0 Å². The minimum absolute atomic E-state index is 0. The van der Waals surface area contributed by atoms with Gasteiger partial charge in [-0.3, -0.25) is 4.90 Å². The van der Waals surface area contributed by atoms with Crippen molar-refractivity contribution >= 4 is 41.7 Å². The third kappa shape index (κ3) is 4.49. The summed E-state index contributed by atoms with van der Waals surface area (Å²) in [5, 5.41) is 9.72. The molecule has 1 saturated heterocycles. The Balaban J connectivity index is 0.00000272. The Labute approximate surface area is 192 Å². The topological polar surface area (TPSA) is 99.8 Å². The second kappa shape index (κ2) is 9.42. The summed E-state index contributed by atoms with van der Waals surface area (Å²) in [5.74, 6) is -1.08. The Bertz CT molecular complexity index is 946. The first-order valence-corrected chi connectivity index (χ1v) is 10.5. The number of carboxylic acids is 1. The lowest BCUT2D eigenvalue weighted by Crippen LogP contribution is -2.46. The van der Waals surface area contributed by atoms with Crippen molar-refractivity contribution in [3.8, 4) is 0 Å². The second-order valence-electron chi connectivity index (χ2n) is 8.06. The van der Waals surface area contributed by atoms with Crippen LogP contribution in [0.25, 0.3) is 0 Å². The maximum Gasteiger partial charge on any atom is 0.354 e. The minimum atomic E-state index is -1.08. The van der Waals surface area contributed by atoms with Crippen molar-refractivity contribution in [2.45, 2.75) is 37.1 Å². The van der Waals surface area contributed by atoms with E-state index in [0.717, 1.165) is 30.7 Å². The molecule has 3 N–H and O–H groups in total. The van der Waals surface area contributed by atoms with Crippen LogP contribution in [-0.2, 0) is 5.41 Å². The van der Waals surface area contributed by atoms with Gasteiger partial charge in [0.05, 0.1) is 11.9 Å². The normalized spacial score (nSPS) is 23.5. The Kier molecular flexibility index (Phi) is 7.09. The van der Waals surface area contributed by atoms with E-state index >= 15 is 0 Å². The van der Waals surface area contributed by atoms with Crippen LogP contribution < -0.4 is 10.6 Å². The van der Waals surface area contributed by atoms with E-state index in [0.29, 0.717) is 25.3 Å². The fourth-order valence-corrected chi connectivity index (χ4v) is 4.89. The van der Waals surface area contributed by atoms with Gasteiger partial charge in [-0.05, 0) is 55.5 Å². The molecule has 0 bridgehead atoms. The second-order valence-corrected chi connectivity index (χ2v) is 8.50. The van der Waals surface area contributed by atoms with Crippen LogP contribution in [0, 0.1) is 0 Å². The summed E-state index contributed by atoms with van der Waals surface area (Å²) in [4.78, 5) is 31.6. The van der Waals surface area contributed by atoms with Gasteiger partial charge in [-0.2, -0.15) is 0 Å². The number of hydrogen-bond acceptors (Lipinski definition) is 4. The van der Waals surface area contributed by atoms with E-state index in [9.17, 15) is 9.59 Å². The molecule has 166 valence electrons. The number of pyridine rings is 1. The van der Waals surface area contributed by atoms with Crippen molar-refractivity contribution in [2.24, 2.45) is 5.73 Å². The number of anilines is 1. The monoisotopic (exact) mass is 464 g/mol. The highest BCUT2D eigenvalue weighted by atomic mass is 35.5. The van der Waals surface area contributed by atoms with E-state index in [4.69, 9.17) is 22.4 Å². The van der Waals surface area contributed by atoms with Crippen molar-refractivity contribution in [1.29, 1.82) is 0 Å². The van der Waals surface area contributed by atoms with E-state index < -0.39 is 5.97 Å². The Morgan fingerprint density at radius 2 is 1.97 bits per heavy atom. The van der Waals surface area contributed by atoms with Crippen LogP contribution in [0.15, 0.2) is 42.6 Å². The smallest absolute Gasteiger partial charge is 0.354 e. The van der Waals surface area contributed by atoms with E-state index in [1.807, 2.05) is 23.1 Å². The molecule has 0 spiro atoms. The van der Waals surface area contributed by atoms with Crippen LogP contribution in [-0.4, -0.2) is 52.7 Å². The molecule has 1 aliphatic heterocycles. The average Bonchev–Trinajstić information content (AvgIpc) is 3.15. The third-order valence-corrected chi connectivity index (χ3v) is 6.74. The van der Waals surface area contributed by atoms with Crippen molar-refractivity contribution in [2.75, 3.05) is 24.5 Å². The van der Waals surface area contributed by atoms with Crippen LogP contribution in [0.1, 0.15) is 41.7 Å². The molecule has 1 aromatic carbocycles. The number of aromatic carboxylic acids is 1. The van der Waals surface area contributed by atoms with Crippen LogP contribution in [0.2, 0.25) is 5.02 Å². The van der Waals surface area contributed by atoms with Crippen molar-refractivity contribution < 1.29 is 14.7 Å². The molecule has 1 saturated carbocycles. The maximum absolute atomic E-state index is 13.0. The number of nitrogens with two attached hydrogens (primary N) is 1. The summed E-state index contributed by atoms with van der Waals surface area (Å²) >= 11 is 6.20. The summed E-state index contributed by atoms with van der Waals surface area (Å²) in [6.07, 6.45) is 5.05. The standard InChI is InChI=1S/C22H25ClN4O3.ClH/c23-16-3-1-2-15(12-16)22(14-24)8-6-17(7-9-22)26-10-11-27(21(26)30)18-4-5-19(20(28)29)25-13-18;/h1-5,12-13,17H,6-11,14,24H2,(H,28,29);1H/t17-,22-;. The zero-order chi connectivity index (χ0) is 21.3. The fraction of sp³-hybridized carbons (Fsp3) is 0.409. The largest absolute Gasteiger partial charge is 0.477 e. The summed E-state index contributed by atoms with van der Waals surface area (Å²) in [5.41, 5.74) is 7.87. The zero-order valence-electron chi connectivity index (χ0n) is 17.0. The van der Waals surface area contributed by atoms with Crippen molar-refractivity contribution in [1.82, 2.24) is 9.88 Å². The summed E-state index contributed by atoms with van der Waals surface area (Å²) in [6.45, 7) is 1.78. The van der Waals surface area contributed by atoms with Gasteiger partial charge in [0, 0.05) is 36.1 Å². The van der Waals surface area contributed by atoms with Crippen LogP contribution in [0.4, 0.5) is 10.5 Å². The predicted octanol–water partition coefficient (Wildman–Crippen LogP) is 3.94. The van der Waals surface area contributed by atoms with E-state index in [1.165, 1.54) is 17.8 Å². The number of halogens is 2. The van der Waals surface area contributed by atoms with Gasteiger partial charge in [0.2, 0.25) is 0 Å². The first-order chi connectivity index (χ1) is 14.4. The lowest BCUT2D eigenvalue weighted by Gasteiger charge is -2.42. The van der Waals surface area contributed by atoms with Gasteiger partial charge < -0.3 is 15.7 Å². The molecule has 4 rings (SSSR count). The van der Waals surface area contributed by atoms with E-state index in [2.05, 4.69) is 11.1 Å². The Morgan fingerprint density at radius 3 is 2.55 bits per heavy atom. The molecule has 7 nitrogen and oxygen atoms in total. The van der Waals surface area contributed by atoms with Gasteiger partial charge in [-0.15, -0.1) is 12.4 Å². The molecule has 1 aliphatic carbocycles. The van der Waals surface area contributed by atoms with Crippen LogP contribution in [0.5, 0.6) is 0 Å². The average molecular weight is 465 g/mol. The molecule has 1 aromatic heterocycles. The number of rotatable bonds is 5. The first kappa shape index (κ1) is 23.3. The Hall–Kier alpha value is -2.35.